The number of benzene rings is 10. The number of hydrogen-bond donors (Lipinski definition) is 0. The van der Waals surface area contributed by atoms with Gasteiger partial charge in [0.15, 0.2) is 0 Å². The number of nitrogens with zero attached hydrogens (tertiary/aromatic N) is 1. The van der Waals surface area contributed by atoms with E-state index in [4.69, 9.17) is 0 Å². The van der Waals surface area contributed by atoms with Crippen molar-refractivity contribution >= 4 is 38.6 Å². The fraction of sp³-hybridized carbons (Fsp3) is 0. The smallest absolute Gasteiger partial charge is 0.0540 e. The fourth-order valence-corrected chi connectivity index (χ4v) is 8.48. The predicted octanol–water partition coefficient (Wildman–Crippen LogP) is 15.8. The molecule has 0 aliphatic heterocycles. The van der Waals surface area contributed by atoms with Gasteiger partial charge in [0.2, 0.25) is 0 Å². The van der Waals surface area contributed by atoms with Crippen molar-refractivity contribution in [3.8, 4) is 55.6 Å². The van der Waals surface area contributed by atoms with E-state index in [0.717, 1.165) is 28.2 Å². The summed E-state index contributed by atoms with van der Waals surface area (Å²) in [5, 5.41) is 4.99. The molecule has 0 aliphatic rings. The van der Waals surface area contributed by atoms with Crippen LogP contribution in [0.25, 0.3) is 77.2 Å². The van der Waals surface area contributed by atoms with Crippen molar-refractivity contribution in [2.75, 3.05) is 4.90 Å². The molecule has 10 rings (SSSR count). The van der Waals surface area contributed by atoms with Crippen LogP contribution >= 0.6 is 0 Å². The molecule has 0 saturated heterocycles. The van der Waals surface area contributed by atoms with Crippen LogP contribution in [0.1, 0.15) is 0 Å². The predicted molar refractivity (Wildman–Crippen MR) is 243 cm³/mol. The standard InChI is InChI=1S/C56H39N/c1-6-20-40(21-7-1)47-37-35-46(39-52(47)41-22-8-2-9-23-41)57(45-28-14-5-15-29-45)54-33-19-18-30-48(54)44-34-36-50-49-31-16-17-32-51(49)55(42-24-10-3-11-25-42)56(53(50)38-44)43-26-12-4-13-27-43/h1-39H. The van der Waals surface area contributed by atoms with Crippen LogP contribution in [0.15, 0.2) is 237 Å². The fourth-order valence-electron chi connectivity index (χ4n) is 8.48. The van der Waals surface area contributed by atoms with Gasteiger partial charge in [-0.2, -0.15) is 0 Å². The molecule has 0 radical (unpaired) electrons. The Balaban J connectivity index is 1.22. The van der Waals surface area contributed by atoms with Gasteiger partial charge >= 0.3 is 0 Å². The van der Waals surface area contributed by atoms with Gasteiger partial charge in [0.1, 0.15) is 0 Å². The Morgan fingerprint density at radius 3 is 1.33 bits per heavy atom. The molecule has 0 bridgehead atoms. The topological polar surface area (TPSA) is 3.24 Å². The summed E-state index contributed by atoms with van der Waals surface area (Å²) >= 11 is 0. The van der Waals surface area contributed by atoms with Gasteiger partial charge in [-0.25, -0.2) is 0 Å². The summed E-state index contributed by atoms with van der Waals surface area (Å²) in [5.41, 5.74) is 15.3. The maximum absolute atomic E-state index is 2.42. The second kappa shape index (κ2) is 15.0. The molecule has 0 fully saturated rings. The number of hydrogen-bond acceptors (Lipinski definition) is 1. The van der Waals surface area contributed by atoms with E-state index in [1.54, 1.807) is 0 Å². The van der Waals surface area contributed by atoms with Crippen molar-refractivity contribution in [3.63, 3.8) is 0 Å². The largest absolute Gasteiger partial charge is 0.310 e. The van der Waals surface area contributed by atoms with Gasteiger partial charge in [-0.05, 0) is 108 Å². The molecule has 0 heterocycles. The molecular formula is C56H39N. The number of anilines is 3. The van der Waals surface area contributed by atoms with Crippen LogP contribution in [-0.4, -0.2) is 0 Å². The molecule has 0 saturated carbocycles. The summed E-state index contributed by atoms with van der Waals surface area (Å²) in [6.45, 7) is 0. The van der Waals surface area contributed by atoms with Crippen LogP contribution in [0.2, 0.25) is 0 Å². The minimum absolute atomic E-state index is 1.09. The van der Waals surface area contributed by atoms with Crippen molar-refractivity contribution in [1.29, 1.82) is 0 Å². The van der Waals surface area contributed by atoms with E-state index < -0.39 is 0 Å². The molecular weight excluding hydrogens is 687 g/mol. The first-order chi connectivity index (χ1) is 28.3. The molecule has 0 amide bonds. The van der Waals surface area contributed by atoms with Crippen molar-refractivity contribution < 1.29 is 0 Å². The summed E-state index contributed by atoms with van der Waals surface area (Å²) in [5.74, 6) is 0. The summed E-state index contributed by atoms with van der Waals surface area (Å²) in [6.07, 6.45) is 0. The molecule has 10 aromatic rings. The number of rotatable bonds is 8. The van der Waals surface area contributed by atoms with E-state index in [-0.39, 0.29) is 0 Å². The third-order valence-electron chi connectivity index (χ3n) is 11.1. The molecule has 10 aromatic carbocycles. The third-order valence-corrected chi connectivity index (χ3v) is 11.1. The Morgan fingerprint density at radius 1 is 0.228 bits per heavy atom. The van der Waals surface area contributed by atoms with E-state index in [1.807, 2.05) is 0 Å². The zero-order chi connectivity index (χ0) is 38.0. The zero-order valence-corrected chi connectivity index (χ0v) is 31.5. The lowest BCUT2D eigenvalue weighted by Gasteiger charge is -2.29. The van der Waals surface area contributed by atoms with E-state index in [1.165, 1.54) is 66.1 Å². The first kappa shape index (κ1) is 34.0. The Labute approximate surface area is 334 Å². The van der Waals surface area contributed by atoms with E-state index >= 15 is 0 Å². The average Bonchev–Trinajstić information content (AvgIpc) is 3.30. The summed E-state index contributed by atoms with van der Waals surface area (Å²) in [6, 6.07) is 85.6. The molecule has 1 nitrogen and oxygen atoms in total. The van der Waals surface area contributed by atoms with E-state index in [9.17, 15) is 0 Å². The molecule has 0 aliphatic carbocycles. The Bertz CT molecular complexity index is 2970. The maximum atomic E-state index is 2.42. The monoisotopic (exact) mass is 725 g/mol. The average molecular weight is 726 g/mol. The minimum atomic E-state index is 1.09. The highest BCUT2D eigenvalue weighted by Gasteiger charge is 2.22. The molecule has 0 spiro atoms. The van der Waals surface area contributed by atoms with Crippen LogP contribution in [0.4, 0.5) is 17.1 Å². The van der Waals surface area contributed by atoms with E-state index in [2.05, 4.69) is 241 Å². The normalized spacial score (nSPS) is 11.2. The summed E-state index contributed by atoms with van der Waals surface area (Å²) in [7, 11) is 0. The Hall–Kier alpha value is -7.48. The lowest BCUT2D eigenvalue weighted by Crippen LogP contribution is -2.11. The van der Waals surface area contributed by atoms with Crippen molar-refractivity contribution in [3.05, 3.63) is 237 Å². The number of para-hydroxylation sites is 2. The maximum Gasteiger partial charge on any atom is 0.0540 e. The molecule has 268 valence electrons. The SMILES string of the molecule is c1ccc(-c2ccc(N(c3ccccc3)c3ccccc3-c3ccc4c(c3)c(-c3ccccc3)c(-c3ccccc3)c3ccccc34)cc2-c2ccccc2)cc1. The second-order valence-corrected chi connectivity index (χ2v) is 14.4. The zero-order valence-electron chi connectivity index (χ0n) is 31.5. The molecule has 0 aromatic heterocycles. The quantitative estimate of drug-likeness (QED) is 0.141. The molecule has 0 atom stereocenters. The highest BCUT2D eigenvalue weighted by atomic mass is 15.1. The van der Waals surface area contributed by atoms with Gasteiger partial charge < -0.3 is 4.90 Å². The van der Waals surface area contributed by atoms with Crippen LogP contribution < -0.4 is 4.90 Å². The third kappa shape index (κ3) is 6.36. The van der Waals surface area contributed by atoms with Crippen molar-refractivity contribution in [2.24, 2.45) is 0 Å². The van der Waals surface area contributed by atoms with Crippen molar-refractivity contribution in [2.45, 2.75) is 0 Å². The molecule has 0 unspecified atom stereocenters. The summed E-state index contributed by atoms with van der Waals surface area (Å²) < 4.78 is 0. The van der Waals surface area contributed by atoms with Crippen LogP contribution in [0.3, 0.4) is 0 Å². The summed E-state index contributed by atoms with van der Waals surface area (Å²) in [4.78, 5) is 2.41. The van der Waals surface area contributed by atoms with Gasteiger partial charge in [0.25, 0.3) is 0 Å². The Kier molecular flexibility index (Phi) is 8.95. The highest BCUT2D eigenvalue weighted by molar-refractivity contribution is 6.22. The van der Waals surface area contributed by atoms with E-state index in [0.29, 0.717) is 0 Å². The minimum Gasteiger partial charge on any atom is -0.310 e. The molecule has 1 heteroatoms. The first-order valence-corrected chi connectivity index (χ1v) is 19.6. The second-order valence-electron chi connectivity index (χ2n) is 14.4. The van der Waals surface area contributed by atoms with Crippen LogP contribution in [0, 0.1) is 0 Å². The van der Waals surface area contributed by atoms with Gasteiger partial charge in [0, 0.05) is 16.9 Å². The van der Waals surface area contributed by atoms with Gasteiger partial charge in [0.05, 0.1) is 5.69 Å². The molecule has 57 heavy (non-hydrogen) atoms. The van der Waals surface area contributed by atoms with Crippen molar-refractivity contribution in [1.82, 2.24) is 0 Å². The lowest BCUT2D eigenvalue weighted by atomic mass is 9.84. The van der Waals surface area contributed by atoms with Gasteiger partial charge in [-0.15, -0.1) is 0 Å². The van der Waals surface area contributed by atoms with Gasteiger partial charge in [-0.3, -0.25) is 0 Å². The molecule has 0 N–H and O–H groups in total. The number of fused-ring (bicyclic) bond motifs is 3. The first-order valence-electron chi connectivity index (χ1n) is 19.6. The highest BCUT2D eigenvalue weighted by Crippen LogP contribution is 2.48. The van der Waals surface area contributed by atoms with Crippen LogP contribution in [0.5, 0.6) is 0 Å². The Morgan fingerprint density at radius 2 is 0.702 bits per heavy atom. The van der Waals surface area contributed by atoms with Gasteiger partial charge in [-0.1, -0.05) is 200 Å². The lowest BCUT2D eigenvalue weighted by molar-refractivity contribution is 1.28. The van der Waals surface area contributed by atoms with Crippen LogP contribution in [-0.2, 0) is 0 Å².